The summed E-state index contributed by atoms with van der Waals surface area (Å²) in [5.41, 5.74) is 5.51. The Morgan fingerprint density at radius 2 is 1.94 bits per heavy atom. The van der Waals surface area contributed by atoms with Gasteiger partial charge >= 0.3 is 0 Å². The number of H-pyrrole nitrogens is 1. The zero-order valence-electron chi connectivity index (χ0n) is 19.1. The van der Waals surface area contributed by atoms with Crippen LogP contribution in [0.3, 0.4) is 0 Å². The molecule has 0 aliphatic carbocycles. The third-order valence-electron chi connectivity index (χ3n) is 6.25. The van der Waals surface area contributed by atoms with Gasteiger partial charge in [-0.15, -0.1) is 11.8 Å². The molecule has 0 unspecified atom stereocenters. The lowest BCUT2D eigenvalue weighted by Crippen LogP contribution is -2.41. The third kappa shape index (κ3) is 4.55. The fraction of sp³-hybridized carbons (Fsp3) is 0.250. The summed E-state index contributed by atoms with van der Waals surface area (Å²) in [5, 5.41) is 1.22. The summed E-state index contributed by atoms with van der Waals surface area (Å²) in [6.45, 7) is 3.22. The minimum Gasteiger partial charge on any atom is -0.494 e. The molecule has 1 aromatic heterocycles. The van der Waals surface area contributed by atoms with Gasteiger partial charge in [-0.25, -0.2) is 4.39 Å². The number of amides is 1. The van der Waals surface area contributed by atoms with Crippen LogP contribution < -0.4 is 4.74 Å². The van der Waals surface area contributed by atoms with Crippen molar-refractivity contribution in [3.8, 4) is 5.75 Å². The maximum absolute atomic E-state index is 13.5. The second-order valence-electron chi connectivity index (χ2n) is 8.43. The van der Waals surface area contributed by atoms with E-state index in [9.17, 15) is 9.18 Å². The lowest BCUT2D eigenvalue weighted by Gasteiger charge is -2.36. The summed E-state index contributed by atoms with van der Waals surface area (Å²) in [5.74, 6) is 1.70. The van der Waals surface area contributed by atoms with Gasteiger partial charge in [0, 0.05) is 28.9 Å². The second-order valence-corrected chi connectivity index (χ2v) is 9.41. The lowest BCUT2D eigenvalue weighted by molar-refractivity contribution is -0.130. The van der Waals surface area contributed by atoms with Crippen molar-refractivity contribution in [3.63, 3.8) is 0 Å². The molecule has 5 rings (SSSR count). The van der Waals surface area contributed by atoms with Gasteiger partial charge in [0.1, 0.15) is 11.6 Å². The van der Waals surface area contributed by atoms with Gasteiger partial charge in [-0.2, -0.15) is 0 Å². The van der Waals surface area contributed by atoms with Crippen LogP contribution in [0.2, 0.25) is 0 Å². The van der Waals surface area contributed by atoms with E-state index in [0.29, 0.717) is 24.7 Å². The number of hydrogen-bond donors (Lipinski definition) is 1. The fourth-order valence-corrected chi connectivity index (χ4v) is 5.59. The molecular weight excluding hydrogens is 447 g/mol. The van der Waals surface area contributed by atoms with Gasteiger partial charge in [0.2, 0.25) is 5.91 Å². The van der Waals surface area contributed by atoms with E-state index in [-0.39, 0.29) is 17.8 Å². The number of aromatic amines is 1. The van der Waals surface area contributed by atoms with Crippen molar-refractivity contribution in [2.24, 2.45) is 0 Å². The fourth-order valence-electron chi connectivity index (χ4n) is 4.72. The molecule has 0 bridgehead atoms. The monoisotopic (exact) mass is 474 g/mol. The van der Waals surface area contributed by atoms with Gasteiger partial charge in [-0.1, -0.05) is 42.5 Å². The van der Waals surface area contributed by atoms with Gasteiger partial charge in [0.25, 0.3) is 0 Å². The van der Waals surface area contributed by atoms with Crippen LogP contribution in [-0.2, 0) is 17.0 Å². The predicted octanol–water partition coefficient (Wildman–Crippen LogP) is 6.11. The molecular formula is C28H27FN2O2S. The molecule has 2 heterocycles. The standard InChI is InChI=1S/C28H27FN2O2S/c1-2-33-22-7-5-6-20(16-22)28-27-24(23-8-3-4-9-25(23)30-27)14-15-31(28)26(32)18-34-17-19-10-12-21(29)13-11-19/h3-13,16,28,30H,2,14-15,17-18H2,1H3/t28-/m0/s1. The molecule has 0 spiro atoms. The van der Waals surface area contributed by atoms with E-state index in [2.05, 4.69) is 29.2 Å². The van der Waals surface area contributed by atoms with Gasteiger partial charge in [0.05, 0.1) is 18.4 Å². The molecule has 1 aliphatic heterocycles. The van der Waals surface area contributed by atoms with Gasteiger partial charge in [0.15, 0.2) is 0 Å². The van der Waals surface area contributed by atoms with Crippen molar-refractivity contribution in [2.75, 3.05) is 18.9 Å². The Kier molecular flexibility index (Phi) is 6.59. The van der Waals surface area contributed by atoms with Crippen LogP contribution in [0.15, 0.2) is 72.8 Å². The second kappa shape index (κ2) is 9.94. The van der Waals surface area contributed by atoms with E-state index in [4.69, 9.17) is 4.74 Å². The quantitative estimate of drug-likeness (QED) is 0.351. The number of benzene rings is 3. The Morgan fingerprint density at radius 1 is 1.12 bits per heavy atom. The molecule has 0 fully saturated rings. The Balaban J connectivity index is 1.44. The zero-order chi connectivity index (χ0) is 23.5. The molecule has 0 radical (unpaired) electrons. The summed E-state index contributed by atoms with van der Waals surface area (Å²) >= 11 is 1.56. The zero-order valence-corrected chi connectivity index (χ0v) is 19.9. The Labute approximate surface area is 203 Å². The Bertz CT molecular complexity index is 1300. The average Bonchev–Trinajstić information content (AvgIpc) is 3.24. The van der Waals surface area contributed by atoms with Crippen LogP contribution in [0.25, 0.3) is 10.9 Å². The molecule has 34 heavy (non-hydrogen) atoms. The smallest absolute Gasteiger partial charge is 0.233 e. The van der Waals surface area contributed by atoms with E-state index in [1.165, 1.54) is 23.1 Å². The highest BCUT2D eigenvalue weighted by Crippen LogP contribution is 2.39. The molecule has 0 saturated heterocycles. The van der Waals surface area contributed by atoms with Crippen LogP contribution in [-0.4, -0.2) is 34.7 Å². The minimum absolute atomic E-state index is 0.100. The average molecular weight is 475 g/mol. The summed E-state index contributed by atoms with van der Waals surface area (Å²) in [6, 6.07) is 22.6. The Hall–Kier alpha value is -3.25. The normalized spacial score (nSPS) is 15.4. The third-order valence-corrected chi connectivity index (χ3v) is 7.24. The summed E-state index contributed by atoms with van der Waals surface area (Å²) in [6.07, 6.45) is 0.815. The van der Waals surface area contributed by atoms with Crippen molar-refractivity contribution >= 4 is 28.6 Å². The molecule has 3 aromatic carbocycles. The first-order valence-electron chi connectivity index (χ1n) is 11.6. The van der Waals surface area contributed by atoms with Crippen LogP contribution >= 0.6 is 11.8 Å². The number of carbonyl (C=O) groups excluding carboxylic acids is 1. The number of fused-ring (bicyclic) bond motifs is 3. The number of carbonyl (C=O) groups is 1. The van der Waals surface area contributed by atoms with E-state index in [1.54, 1.807) is 23.9 Å². The molecule has 1 amide bonds. The van der Waals surface area contributed by atoms with E-state index >= 15 is 0 Å². The first-order valence-corrected chi connectivity index (χ1v) is 12.7. The van der Waals surface area contributed by atoms with Gasteiger partial charge in [-0.3, -0.25) is 4.79 Å². The van der Waals surface area contributed by atoms with Crippen molar-refractivity contribution in [1.29, 1.82) is 0 Å². The van der Waals surface area contributed by atoms with Crippen molar-refractivity contribution in [3.05, 3.63) is 101 Å². The van der Waals surface area contributed by atoms with E-state index in [1.807, 2.05) is 36.1 Å². The number of rotatable bonds is 7. The number of aromatic nitrogens is 1. The van der Waals surface area contributed by atoms with Crippen molar-refractivity contribution in [2.45, 2.75) is 25.1 Å². The predicted molar refractivity (Wildman–Crippen MR) is 136 cm³/mol. The number of hydrogen-bond acceptors (Lipinski definition) is 3. The maximum atomic E-state index is 13.5. The Morgan fingerprint density at radius 3 is 2.76 bits per heavy atom. The highest BCUT2D eigenvalue weighted by atomic mass is 32.2. The number of thioether (sulfide) groups is 1. The van der Waals surface area contributed by atoms with Crippen LogP contribution in [0.4, 0.5) is 4.39 Å². The number of ether oxygens (including phenoxy) is 1. The van der Waals surface area contributed by atoms with Gasteiger partial charge < -0.3 is 14.6 Å². The molecule has 6 heteroatoms. The van der Waals surface area contributed by atoms with Gasteiger partial charge in [-0.05, 0) is 60.4 Å². The van der Waals surface area contributed by atoms with Crippen LogP contribution in [0.1, 0.15) is 35.3 Å². The summed E-state index contributed by atoms with van der Waals surface area (Å²) < 4.78 is 18.9. The first-order chi connectivity index (χ1) is 16.6. The maximum Gasteiger partial charge on any atom is 0.233 e. The largest absolute Gasteiger partial charge is 0.494 e. The molecule has 1 N–H and O–H groups in total. The molecule has 4 nitrogen and oxygen atoms in total. The molecule has 4 aromatic rings. The van der Waals surface area contributed by atoms with Crippen LogP contribution in [0, 0.1) is 5.82 Å². The van der Waals surface area contributed by atoms with E-state index < -0.39 is 0 Å². The summed E-state index contributed by atoms with van der Waals surface area (Å²) in [4.78, 5) is 19.1. The number of halogens is 1. The topological polar surface area (TPSA) is 45.3 Å². The number of nitrogens with one attached hydrogen (secondary N) is 1. The van der Waals surface area contributed by atoms with Crippen molar-refractivity contribution < 1.29 is 13.9 Å². The molecule has 1 atom stereocenters. The molecule has 1 aliphatic rings. The summed E-state index contributed by atoms with van der Waals surface area (Å²) in [7, 11) is 0. The highest BCUT2D eigenvalue weighted by molar-refractivity contribution is 7.99. The molecule has 174 valence electrons. The lowest BCUT2D eigenvalue weighted by atomic mass is 9.92. The highest BCUT2D eigenvalue weighted by Gasteiger charge is 2.34. The van der Waals surface area contributed by atoms with Crippen molar-refractivity contribution in [1.82, 2.24) is 9.88 Å². The molecule has 0 saturated carbocycles. The van der Waals surface area contributed by atoms with E-state index in [0.717, 1.165) is 34.5 Å². The van der Waals surface area contributed by atoms with Crippen LogP contribution in [0.5, 0.6) is 5.75 Å². The minimum atomic E-state index is -0.246. The number of para-hydroxylation sites is 1. The SMILES string of the molecule is CCOc1cccc([C@H]2c3[nH]c4ccccc4c3CCN2C(=O)CSCc2ccc(F)cc2)c1. The number of nitrogens with zero attached hydrogens (tertiary/aromatic N) is 1. The first kappa shape index (κ1) is 22.5.